The molecule has 16 heavy (non-hydrogen) atoms. The summed E-state index contributed by atoms with van der Waals surface area (Å²) in [6, 6.07) is 6.31. The van der Waals surface area contributed by atoms with E-state index >= 15 is 0 Å². The van der Waals surface area contributed by atoms with E-state index in [0.717, 1.165) is 17.5 Å². The molecule has 0 radical (unpaired) electrons. The lowest BCUT2D eigenvalue weighted by atomic mass is 10.0. The first kappa shape index (κ1) is 12.8. The lowest BCUT2D eigenvalue weighted by Gasteiger charge is -2.20. The molecule has 0 heterocycles. The Bertz CT molecular complexity index is 360. The predicted molar refractivity (Wildman–Crippen MR) is 68.7 cm³/mol. The molecule has 0 spiro atoms. The van der Waals surface area contributed by atoms with Crippen LogP contribution in [0.3, 0.4) is 0 Å². The van der Waals surface area contributed by atoms with Crippen molar-refractivity contribution in [3.63, 3.8) is 0 Å². The highest BCUT2D eigenvalue weighted by Gasteiger charge is 2.12. The summed E-state index contributed by atoms with van der Waals surface area (Å²) in [5, 5.41) is 13.3. The standard InChI is InChI=1S/C14H21NO/c1-5-6-11(3)15-12(4)13-8-7-10(2)9-14(13)16/h5,7-9,11-12,15-16H,1,6H2,2-4H3. The van der Waals surface area contributed by atoms with E-state index in [-0.39, 0.29) is 6.04 Å². The van der Waals surface area contributed by atoms with Gasteiger partial charge in [-0.1, -0.05) is 18.2 Å². The van der Waals surface area contributed by atoms with Gasteiger partial charge in [0.25, 0.3) is 0 Å². The third-order valence-corrected chi connectivity index (χ3v) is 2.71. The van der Waals surface area contributed by atoms with E-state index in [1.165, 1.54) is 0 Å². The SMILES string of the molecule is C=CCC(C)NC(C)c1ccc(C)cc1O. The second-order valence-corrected chi connectivity index (χ2v) is 4.38. The Kier molecular flexibility index (Phi) is 4.56. The molecule has 1 aromatic rings. The number of nitrogens with one attached hydrogen (secondary N) is 1. The van der Waals surface area contributed by atoms with Gasteiger partial charge in [-0.05, 0) is 38.8 Å². The predicted octanol–water partition coefficient (Wildman–Crippen LogP) is 3.32. The van der Waals surface area contributed by atoms with Gasteiger partial charge in [-0.25, -0.2) is 0 Å². The van der Waals surface area contributed by atoms with Crippen molar-refractivity contribution in [3.8, 4) is 5.75 Å². The van der Waals surface area contributed by atoms with Crippen LogP contribution in [0.25, 0.3) is 0 Å². The van der Waals surface area contributed by atoms with Gasteiger partial charge in [0.1, 0.15) is 5.75 Å². The van der Waals surface area contributed by atoms with E-state index in [1.807, 2.05) is 25.1 Å². The quantitative estimate of drug-likeness (QED) is 0.745. The van der Waals surface area contributed by atoms with Gasteiger partial charge < -0.3 is 10.4 Å². The van der Waals surface area contributed by atoms with Gasteiger partial charge in [-0.2, -0.15) is 0 Å². The molecule has 0 aromatic heterocycles. The molecule has 2 atom stereocenters. The zero-order valence-electron chi connectivity index (χ0n) is 10.3. The van der Waals surface area contributed by atoms with Crippen LogP contribution >= 0.6 is 0 Å². The second kappa shape index (κ2) is 5.71. The fourth-order valence-electron chi connectivity index (χ4n) is 1.85. The number of benzene rings is 1. The van der Waals surface area contributed by atoms with E-state index in [2.05, 4.69) is 25.7 Å². The Labute approximate surface area is 98.0 Å². The molecule has 0 aliphatic rings. The molecule has 0 fully saturated rings. The maximum absolute atomic E-state index is 9.84. The van der Waals surface area contributed by atoms with Gasteiger partial charge in [0, 0.05) is 17.6 Å². The number of aromatic hydroxyl groups is 1. The maximum Gasteiger partial charge on any atom is 0.120 e. The number of hydrogen-bond donors (Lipinski definition) is 2. The van der Waals surface area contributed by atoms with Crippen molar-refractivity contribution in [3.05, 3.63) is 42.0 Å². The highest BCUT2D eigenvalue weighted by atomic mass is 16.3. The van der Waals surface area contributed by atoms with Crippen LogP contribution in [0.4, 0.5) is 0 Å². The summed E-state index contributed by atoms with van der Waals surface area (Å²) < 4.78 is 0. The molecule has 88 valence electrons. The highest BCUT2D eigenvalue weighted by Crippen LogP contribution is 2.25. The van der Waals surface area contributed by atoms with Gasteiger partial charge in [0.2, 0.25) is 0 Å². The summed E-state index contributed by atoms with van der Waals surface area (Å²) in [5.74, 6) is 0.366. The summed E-state index contributed by atoms with van der Waals surface area (Å²) in [7, 11) is 0. The fourth-order valence-corrected chi connectivity index (χ4v) is 1.85. The lowest BCUT2D eigenvalue weighted by Crippen LogP contribution is -2.28. The average Bonchev–Trinajstić information content (AvgIpc) is 2.17. The summed E-state index contributed by atoms with van der Waals surface area (Å²) in [6.45, 7) is 9.87. The molecule has 0 amide bonds. The highest BCUT2D eigenvalue weighted by molar-refractivity contribution is 5.37. The molecule has 2 heteroatoms. The zero-order chi connectivity index (χ0) is 12.1. The van der Waals surface area contributed by atoms with Gasteiger partial charge in [0.05, 0.1) is 0 Å². The number of aryl methyl sites for hydroxylation is 1. The molecule has 0 saturated heterocycles. The topological polar surface area (TPSA) is 32.3 Å². The number of phenols is 1. The third-order valence-electron chi connectivity index (χ3n) is 2.71. The molecular formula is C14H21NO. The van der Waals surface area contributed by atoms with Crippen molar-refractivity contribution in [2.75, 3.05) is 0 Å². The summed E-state index contributed by atoms with van der Waals surface area (Å²) in [6.07, 6.45) is 2.83. The number of rotatable bonds is 5. The van der Waals surface area contributed by atoms with E-state index in [9.17, 15) is 5.11 Å². The van der Waals surface area contributed by atoms with Gasteiger partial charge in [-0.3, -0.25) is 0 Å². The Hall–Kier alpha value is -1.28. The van der Waals surface area contributed by atoms with Crippen molar-refractivity contribution >= 4 is 0 Å². The van der Waals surface area contributed by atoms with Crippen molar-refractivity contribution in [2.45, 2.75) is 39.3 Å². The first-order chi connectivity index (χ1) is 7.54. The minimum atomic E-state index is 0.149. The van der Waals surface area contributed by atoms with Gasteiger partial charge in [-0.15, -0.1) is 6.58 Å². The third kappa shape index (κ3) is 3.38. The Balaban J connectivity index is 2.72. The van der Waals surface area contributed by atoms with Crippen LogP contribution in [0.5, 0.6) is 5.75 Å². The fraction of sp³-hybridized carbons (Fsp3) is 0.429. The zero-order valence-corrected chi connectivity index (χ0v) is 10.3. The lowest BCUT2D eigenvalue weighted by molar-refractivity contribution is 0.435. The summed E-state index contributed by atoms with van der Waals surface area (Å²) in [4.78, 5) is 0. The van der Waals surface area contributed by atoms with Crippen LogP contribution in [0.2, 0.25) is 0 Å². The molecule has 0 aliphatic carbocycles. The van der Waals surface area contributed by atoms with Crippen molar-refractivity contribution in [1.82, 2.24) is 5.32 Å². The van der Waals surface area contributed by atoms with Crippen molar-refractivity contribution in [2.24, 2.45) is 0 Å². The first-order valence-corrected chi connectivity index (χ1v) is 5.71. The van der Waals surface area contributed by atoms with Gasteiger partial charge >= 0.3 is 0 Å². The molecule has 2 nitrogen and oxygen atoms in total. The van der Waals surface area contributed by atoms with Crippen LogP contribution in [0, 0.1) is 6.92 Å². The Morgan fingerprint density at radius 1 is 1.44 bits per heavy atom. The van der Waals surface area contributed by atoms with E-state index in [4.69, 9.17) is 0 Å². The molecule has 0 saturated carbocycles. The molecule has 2 unspecified atom stereocenters. The molecule has 1 rings (SSSR count). The van der Waals surface area contributed by atoms with Crippen molar-refractivity contribution in [1.29, 1.82) is 0 Å². The Morgan fingerprint density at radius 2 is 2.12 bits per heavy atom. The average molecular weight is 219 g/mol. The number of hydrogen-bond acceptors (Lipinski definition) is 2. The monoisotopic (exact) mass is 219 g/mol. The molecule has 0 aliphatic heterocycles. The molecule has 2 N–H and O–H groups in total. The summed E-state index contributed by atoms with van der Waals surface area (Å²) >= 11 is 0. The Morgan fingerprint density at radius 3 is 2.69 bits per heavy atom. The van der Waals surface area contributed by atoms with Crippen molar-refractivity contribution < 1.29 is 5.11 Å². The maximum atomic E-state index is 9.84. The molecular weight excluding hydrogens is 198 g/mol. The van der Waals surface area contributed by atoms with E-state index < -0.39 is 0 Å². The smallest absolute Gasteiger partial charge is 0.120 e. The summed E-state index contributed by atoms with van der Waals surface area (Å²) in [5.41, 5.74) is 2.02. The normalized spacial score (nSPS) is 14.4. The minimum absolute atomic E-state index is 0.149. The largest absolute Gasteiger partial charge is 0.508 e. The molecule has 1 aromatic carbocycles. The van der Waals surface area contributed by atoms with Crippen LogP contribution in [-0.4, -0.2) is 11.1 Å². The van der Waals surface area contributed by atoms with Crippen LogP contribution in [0.15, 0.2) is 30.9 Å². The van der Waals surface area contributed by atoms with Crippen LogP contribution < -0.4 is 5.32 Å². The van der Waals surface area contributed by atoms with Gasteiger partial charge in [0.15, 0.2) is 0 Å². The second-order valence-electron chi connectivity index (χ2n) is 4.38. The first-order valence-electron chi connectivity index (χ1n) is 5.71. The molecule has 0 bridgehead atoms. The minimum Gasteiger partial charge on any atom is -0.508 e. The van der Waals surface area contributed by atoms with E-state index in [0.29, 0.717) is 11.8 Å². The van der Waals surface area contributed by atoms with Crippen LogP contribution in [-0.2, 0) is 0 Å². The van der Waals surface area contributed by atoms with Crippen LogP contribution in [0.1, 0.15) is 37.4 Å². The van der Waals surface area contributed by atoms with E-state index in [1.54, 1.807) is 6.07 Å². The number of phenolic OH excluding ortho intramolecular Hbond substituents is 1.